The smallest absolute Gasteiger partial charge is 0.274 e. The number of carbonyl (C=O) groups excluding carboxylic acids is 2. The highest BCUT2D eigenvalue weighted by molar-refractivity contribution is 5.92. The number of hydrogen-bond donors (Lipinski definition) is 1. The Morgan fingerprint density at radius 1 is 1.25 bits per heavy atom. The average molecular weight is 392 g/mol. The average Bonchev–Trinajstić information content (AvgIpc) is 3.23. The summed E-state index contributed by atoms with van der Waals surface area (Å²) in [6.45, 7) is 7.26. The fourth-order valence-electron chi connectivity index (χ4n) is 4.22. The number of rotatable bonds is 7. The van der Waals surface area contributed by atoms with Crippen LogP contribution in [0, 0.1) is 5.92 Å². The molecule has 8 heteroatoms. The molecular formula is C20H33N5O3. The molecule has 2 amide bonds. The van der Waals surface area contributed by atoms with Crippen molar-refractivity contribution in [1.29, 1.82) is 0 Å². The Kier molecular flexibility index (Phi) is 7.44. The lowest BCUT2D eigenvalue weighted by Crippen LogP contribution is -2.51. The van der Waals surface area contributed by atoms with Crippen molar-refractivity contribution in [3.63, 3.8) is 0 Å². The quantitative estimate of drug-likeness (QED) is 0.701. The lowest BCUT2D eigenvalue weighted by Gasteiger charge is -2.41. The van der Waals surface area contributed by atoms with E-state index in [-0.39, 0.29) is 17.7 Å². The molecule has 2 fully saturated rings. The molecule has 0 aliphatic carbocycles. The number of nitrogens with zero attached hydrogens (tertiary/aromatic N) is 4. The van der Waals surface area contributed by atoms with Crippen molar-refractivity contribution >= 4 is 11.8 Å². The molecule has 2 aliphatic heterocycles. The third kappa shape index (κ3) is 5.11. The van der Waals surface area contributed by atoms with Crippen LogP contribution in [-0.4, -0.2) is 83.9 Å². The molecule has 0 unspecified atom stereocenters. The molecule has 1 aromatic rings. The number of aromatic nitrogens is 2. The largest absolute Gasteiger partial charge is 0.383 e. The van der Waals surface area contributed by atoms with Gasteiger partial charge in [-0.1, -0.05) is 0 Å². The molecule has 1 aromatic heterocycles. The first-order valence-electron chi connectivity index (χ1n) is 10.5. The molecule has 2 aliphatic rings. The molecule has 3 rings (SSSR count). The predicted octanol–water partition coefficient (Wildman–Crippen LogP) is 0.982. The number of aryl methyl sites for hydroxylation is 1. The van der Waals surface area contributed by atoms with Gasteiger partial charge in [0.05, 0.1) is 12.5 Å². The highest BCUT2D eigenvalue weighted by Crippen LogP contribution is 2.24. The monoisotopic (exact) mass is 391 g/mol. The first kappa shape index (κ1) is 20.8. The van der Waals surface area contributed by atoms with Gasteiger partial charge in [0, 0.05) is 52.1 Å². The standard InChI is InChI=1S/C20H33N5O3/c1-3-25-13-8-18(22-25)20(27)23-11-6-17(7-12-23)24-10-4-5-16(15-24)19(26)21-9-14-28-2/h8,13,16-17H,3-7,9-12,14-15H2,1-2H3,(H,21,26)/t16-/m1/s1. The van der Waals surface area contributed by atoms with Gasteiger partial charge in [-0.3, -0.25) is 19.2 Å². The van der Waals surface area contributed by atoms with Gasteiger partial charge in [0.1, 0.15) is 5.69 Å². The van der Waals surface area contributed by atoms with E-state index in [0.29, 0.717) is 24.9 Å². The van der Waals surface area contributed by atoms with Gasteiger partial charge in [0.2, 0.25) is 5.91 Å². The molecule has 0 radical (unpaired) electrons. The summed E-state index contributed by atoms with van der Waals surface area (Å²) in [6, 6.07) is 2.25. The summed E-state index contributed by atoms with van der Waals surface area (Å²) in [5, 5.41) is 7.31. The Bertz CT molecular complexity index is 654. The Labute approximate surface area is 167 Å². The van der Waals surface area contributed by atoms with Crippen molar-refractivity contribution in [2.75, 3.05) is 46.4 Å². The van der Waals surface area contributed by atoms with E-state index in [4.69, 9.17) is 4.74 Å². The van der Waals surface area contributed by atoms with Crippen molar-refractivity contribution in [2.45, 2.75) is 45.2 Å². The molecule has 156 valence electrons. The van der Waals surface area contributed by atoms with E-state index in [1.807, 2.05) is 18.0 Å². The second kappa shape index (κ2) is 10.0. The highest BCUT2D eigenvalue weighted by Gasteiger charge is 2.32. The minimum atomic E-state index is 0.0275. The van der Waals surface area contributed by atoms with E-state index >= 15 is 0 Å². The zero-order valence-electron chi connectivity index (χ0n) is 17.1. The molecule has 0 aromatic carbocycles. The zero-order valence-corrected chi connectivity index (χ0v) is 17.1. The minimum absolute atomic E-state index is 0.0275. The van der Waals surface area contributed by atoms with Gasteiger partial charge in [0.15, 0.2) is 0 Å². The number of piperidine rings is 2. The van der Waals surface area contributed by atoms with Crippen LogP contribution in [0.3, 0.4) is 0 Å². The van der Waals surface area contributed by atoms with E-state index < -0.39 is 0 Å². The van der Waals surface area contributed by atoms with Gasteiger partial charge in [-0.25, -0.2) is 0 Å². The number of likely N-dealkylation sites (tertiary alicyclic amines) is 2. The number of ether oxygens (including phenoxy) is 1. The van der Waals surface area contributed by atoms with Gasteiger partial charge < -0.3 is 15.0 Å². The van der Waals surface area contributed by atoms with Crippen LogP contribution >= 0.6 is 0 Å². The Hall–Kier alpha value is -1.93. The summed E-state index contributed by atoms with van der Waals surface area (Å²) in [5.41, 5.74) is 0.533. The van der Waals surface area contributed by atoms with E-state index in [9.17, 15) is 9.59 Å². The van der Waals surface area contributed by atoms with Crippen LogP contribution in [0.1, 0.15) is 43.1 Å². The Morgan fingerprint density at radius 2 is 2.04 bits per heavy atom. The van der Waals surface area contributed by atoms with Crippen molar-refractivity contribution in [1.82, 2.24) is 24.9 Å². The maximum absolute atomic E-state index is 12.7. The number of carbonyl (C=O) groups is 2. The first-order chi connectivity index (χ1) is 13.6. The Morgan fingerprint density at radius 3 is 2.71 bits per heavy atom. The van der Waals surface area contributed by atoms with E-state index in [1.165, 1.54) is 0 Å². The van der Waals surface area contributed by atoms with Crippen LogP contribution in [0.2, 0.25) is 0 Å². The van der Waals surface area contributed by atoms with E-state index in [2.05, 4.69) is 15.3 Å². The van der Waals surface area contributed by atoms with Crippen molar-refractivity contribution < 1.29 is 14.3 Å². The fraction of sp³-hybridized carbons (Fsp3) is 0.750. The fourth-order valence-corrected chi connectivity index (χ4v) is 4.22. The lowest BCUT2D eigenvalue weighted by atomic mass is 9.93. The van der Waals surface area contributed by atoms with Gasteiger partial charge in [-0.2, -0.15) is 5.10 Å². The number of hydrogen-bond acceptors (Lipinski definition) is 5. The van der Waals surface area contributed by atoms with Crippen LogP contribution in [0.4, 0.5) is 0 Å². The molecule has 0 bridgehead atoms. The molecule has 1 N–H and O–H groups in total. The van der Waals surface area contributed by atoms with Crippen LogP contribution in [0.5, 0.6) is 0 Å². The number of nitrogens with one attached hydrogen (secondary N) is 1. The molecule has 1 atom stereocenters. The topological polar surface area (TPSA) is 79.7 Å². The summed E-state index contributed by atoms with van der Waals surface area (Å²) in [4.78, 5) is 29.4. The lowest BCUT2D eigenvalue weighted by molar-refractivity contribution is -0.127. The molecule has 8 nitrogen and oxygen atoms in total. The minimum Gasteiger partial charge on any atom is -0.383 e. The maximum atomic E-state index is 12.7. The normalized spacial score (nSPS) is 21.6. The summed E-state index contributed by atoms with van der Waals surface area (Å²) >= 11 is 0. The SMILES string of the molecule is CCn1ccc(C(=O)N2CCC(N3CCC[C@@H](C(=O)NCCOC)C3)CC2)n1. The number of amides is 2. The van der Waals surface area contributed by atoms with Crippen LogP contribution in [-0.2, 0) is 16.1 Å². The summed E-state index contributed by atoms with van der Waals surface area (Å²) in [5.74, 6) is 0.226. The van der Waals surface area contributed by atoms with Crippen molar-refractivity contribution in [3.05, 3.63) is 18.0 Å². The van der Waals surface area contributed by atoms with E-state index in [0.717, 1.165) is 58.4 Å². The van der Waals surface area contributed by atoms with Crippen LogP contribution in [0.25, 0.3) is 0 Å². The van der Waals surface area contributed by atoms with Crippen molar-refractivity contribution in [3.8, 4) is 0 Å². The third-order valence-corrected chi connectivity index (χ3v) is 5.88. The van der Waals surface area contributed by atoms with Gasteiger partial charge in [0.25, 0.3) is 5.91 Å². The summed E-state index contributed by atoms with van der Waals surface area (Å²) < 4.78 is 6.79. The van der Waals surface area contributed by atoms with E-state index in [1.54, 1.807) is 17.9 Å². The number of methoxy groups -OCH3 is 1. The predicted molar refractivity (Wildman–Crippen MR) is 106 cm³/mol. The van der Waals surface area contributed by atoms with Crippen LogP contribution in [0.15, 0.2) is 12.3 Å². The van der Waals surface area contributed by atoms with Gasteiger partial charge in [-0.05, 0) is 45.2 Å². The highest BCUT2D eigenvalue weighted by atomic mass is 16.5. The second-order valence-electron chi connectivity index (χ2n) is 7.70. The van der Waals surface area contributed by atoms with Crippen molar-refractivity contribution in [2.24, 2.45) is 5.92 Å². The maximum Gasteiger partial charge on any atom is 0.274 e. The molecule has 0 spiro atoms. The summed E-state index contributed by atoms with van der Waals surface area (Å²) in [6.07, 6.45) is 5.77. The zero-order chi connectivity index (χ0) is 19.9. The van der Waals surface area contributed by atoms with Crippen LogP contribution < -0.4 is 5.32 Å². The molecule has 28 heavy (non-hydrogen) atoms. The molecule has 0 saturated carbocycles. The molecular weight excluding hydrogens is 358 g/mol. The second-order valence-corrected chi connectivity index (χ2v) is 7.70. The summed E-state index contributed by atoms with van der Waals surface area (Å²) in [7, 11) is 1.64. The molecule has 3 heterocycles. The first-order valence-corrected chi connectivity index (χ1v) is 10.5. The van der Waals surface area contributed by atoms with Gasteiger partial charge in [-0.15, -0.1) is 0 Å². The third-order valence-electron chi connectivity index (χ3n) is 5.88. The Balaban J connectivity index is 1.47. The van der Waals surface area contributed by atoms with Gasteiger partial charge >= 0.3 is 0 Å². The molecule has 2 saturated heterocycles.